The van der Waals surface area contributed by atoms with Crippen molar-refractivity contribution in [2.24, 2.45) is 0 Å². The molecule has 37 heavy (non-hydrogen) atoms. The first-order chi connectivity index (χ1) is 17.8. The van der Waals surface area contributed by atoms with Crippen LogP contribution in [0.4, 0.5) is 17.1 Å². The van der Waals surface area contributed by atoms with Crippen molar-refractivity contribution in [3.8, 4) is 0 Å². The number of halogens is 2. The number of rotatable bonds is 8. The Kier molecular flexibility index (Phi) is 7.91. The third-order valence-electron chi connectivity index (χ3n) is 5.33. The maximum Gasteiger partial charge on any atom is 0.338 e. The number of nitrogens with zero attached hydrogens (tertiary/aromatic N) is 1. The SMILES string of the molecule is CCCOC(=O)c1ccc(NC(=O)c2cccc(NC3=C(Cl)C(=O)N(c4ccccc4Cl)C3=O)c2)cc1. The van der Waals surface area contributed by atoms with Crippen LogP contribution in [0.25, 0.3) is 0 Å². The van der Waals surface area contributed by atoms with Gasteiger partial charge in [-0.1, -0.05) is 48.3 Å². The summed E-state index contributed by atoms with van der Waals surface area (Å²) in [5, 5.41) is 5.52. The van der Waals surface area contributed by atoms with Crippen molar-refractivity contribution in [1.29, 1.82) is 0 Å². The molecule has 1 heterocycles. The highest BCUT2D eigenvalue weighted by Gasteiger charge is 2.39. The number of esters is 1. The van der Waals surface area contributed by atoms with Gasteiger partial charge in [0.1, 0.15) is 10.7 Å². The van der Waals surface area contributed by atoms with E-state index in [0.717, 1.165) is 11.3 Å². The van der Waals surface area contributed by atoms with E-state index in [0.29, 0.717) is 23.5 Å². The summed E-state index contributed by atoms with van der Waals surface area (Å²) >= 11 is 12.4. The zero-order valence-corrected chi connectivity index (χ0v) is 21.1. The Labute approximate surface area is 222 Å². The molecule has 4 rings (SSSR count). The molecule has 0 aromatic heterocycles. The van der Waals surface area contributed by atoms with Crippen molar-refractivity contribution in [1.82, 2.24) is 0 Å². The van der Waals surface area contributed by atoms with Gasteiger partial charge in [-0.25, -0.2) is 9.69 Å². The predicted octanol–water partition coefficient (Wildman–Crippen LogP) is 5.59. The monoisotopic (exact) mass is 537 g/mol. The van der Waals surface area contributed by atoms with Crippen molar-refractivity contribution in [3.63, 3.8) is 0 Å². The molecule has 0 bridgehead atoms. The number of ether oxygens (including phenoxy) is 1. The molecule has 0 saturated heterocycles. The van der Waals surface area contributed by atoms with E-state index in [4.69, 9.17) is 27.9 Å². The van der Waals surface area contributed by atoms with Gasteiger partial charge in [-0.15, -0.1) is 0 Å². The van der Waals surface area contributed by atoms with Crippen molar-refractivity contribution in [3.05, 3.63) is 99.7 Å². The molecule has 2 N–H and O–H groups in total. The lowest BCUT2D eigenvalue weighted by Crippen LogP contribution is -2.32. The summed E-state index contributed by atoms with van der Waals surface area (Å²) in [6.45, 7) is 2.24. The third-order valence-corrected chi connectivity index (χ3v) is 6.00. The van der Waals surface area contributed by atoms with E-state index in [1.165, 1.54) is 12.1 Å². The topological polar surface area (TPSA) is 105 Å². The number of carbonyl (C=O) groups is 4. The lowest BCUT2D eigenvalue weighted by Gasteiger charge is -2.16. The number of amides is 3. The average Bonchev–Trinajstić information content (AvgIpc) is 3.11. The molecule has 0 radical (unpaired) electrons. The van der Waals surface area contributed by atoms with Gasteiger partial charge in [0.25, 0.3) is 17.7 Å². The lowest BCUT2D eigenvalue weighted by molar-refractivity contribution is -0.120. The van der Waals surface area contributed by atoms with Crippen molar-refractivity contribution >= 4 is 64.0 Å². The third kappa shape index (κ3) is 5.66. The van der Waals surface area contributed by atoms with Crippen LogP contribution in [0.1, 0.15) is 34.1 Å². The van der Waals surface area contributed by atoms with Gasteiger partial charge in [-0.3, -0.25) is 14.4 Å². The maximum absolute atomic E-state index is 13.0. The molecule has 3 aromatic rings. The van der Waals surface area contributed by atoms with Gasteiger partial charge in [-0.2, -0.15) is 0 Å². The average molecular weight is 538 g/mol. The molecule has 0 unspecified atom stereocenters. The minimum atomic E-state index is -0.710. The van der Waals surface area contributed by atoms with Gasteiger partial charge in [-0.05, 0) is 61.0 Å². The molecule has 0 aliphatic carbocycles. The lowest BCUT2D eigenvalue weighted by atomic mass is 10.1. The molecule has 0 saturated carbocycles. The smallest absolute Gasteiger partial charge is 0.338 e. The molecule has 1 aliphatic rings. The molecular formula is C27H21Cl2N3O5. The highest BCUT2D eigenvalue weighted by Crippen LogP contribution is 2.34. The number of hydrogen-bond acceptors (Lipinski definition) is 6. The highest BCUT2D eigenvalue weighted by molar-refractivity contribution is 6.53. The van der Waals surface area contributed by atoms with E-state index >= 15 is 0 Å². The standard InChI is InChI=1S/C27H21Cl2N3O5/c1-2-14-37-27(36)16-10-12-18(13-11-16)31-24(33)17-6-5-7-19(15-17)30-23-22(29)25(34)32(26(23)35)21-9-4-3-8-20(21)28/h3-13,15,30H,2,14H2,1H3,(H,31,33). The number of benzene rings is 3. The molecular weight excluding hydrogens is 517 g/mol. The van der Waals surface area contributed by atoms with E-state index in [1.54, 1.807) is 60.7 Å². The van der Waals surface area contributed by atoms with Gasteiger partial charge in [0.05, 0.1) is 22.9 Å². The molecule has 3 amide bonds. The molecule has 3 aromatic carbocycles. The molecule has 0 fully saturated rings. The van der Waals surface area contributed by atoms with Crippen molar-refractivity contribution < 1.29 is 23.9 Å². The Morgan fingerprint density at radius 2 is 1.59 bits per heavy atom. The van der Waals surface area contributed by atoms with Gasteiger partial charge >= 0.3 is 5.97 Å². The number of hydrogen-bond donors (Lipinski definition) is 2. The number of para-hydroxylation sites is 1. The Morgan fingerprint density at radius 1 is 0.865 bits per heavy atom. The highest BCUT2D eigenvalue weighted by atomic mass is 35.5. The van der Waals surface area contributed by atoms with Gasteiger partial charge in [0.2, 0.25) is 0 Å². The first-order valence-corrected chi connectivity index (χ1v) is 12.0. The van der Waals surface area contributed by atoms with Crippen molar-refractivity contribution in [2.75, 3.05) is 22.1 Å². The van der Waals surface area contributed by atoms with E-state index in [-0.39, 0.29) is 27.0 Å². The van der Waals surface area contributed by atoms with E-state index in [2.05, 4.69) is 10.6 Å². The summed E-state index contributed by atoms with van der Waals surface area (Å²) in [4.78, 5) is 51.3. The normalized spacial score (nSPS) is 13.1. The summed E-state index contributed by atoms with van der Waals surface area (Å²) in [6.07, 6.45) is 0.724. The van der Waals surface area contributed by atoms with Crippen molar-refractivity contribution in [2.45, 2.75) is 13.3 Å². The fourth-order valence-corrected chi connectivity index (χ4v) is 3.95. The second-order valence-corrected chi connectivity index (χ2v) is 8.74. The Balaban J connectivity index is 1.46. The summed E-state index contributed by atoms with van der Waals surface area (Å²) in [6, 6.07) is 19.1. The van der Waals surface area contributed by atoms with Crippen LogP contribution in [0, 0.1) is 0 Å². The Hall–Kier alpha value is -4.14. The van der Waals surface area contributed by atoms with Crippen LogP contribution >= 0.6 is 23.2 Å². The van der Waals surface area contributed by atoms with Crippen LogP contribution in [0.2, 0.25) is 5.02 Å². The molecule has 10 heteroatoms. The summed E-state index contributed by atoms with van der Waals surface area (Å²) < 4.78 is 5.09. The minimum absolute atomic E-state index is 0.130. The summed E-state index contributed by atoms with van der Waals surface area (Å²) in [5.41, 5.74) is 1.60. The first-order valence-electron chi connectivity index (χ1n) is 11.3. The first kappa shape index (κ1) is 25.9. The van der Waals surface area contributed by atoms with Crippen LogP contribution in [-0.4, -0.2) is 30.3 Å². The predicted molar refractivity (Wildman–Crippen MR) is 142 cm³/mol. The maximum atomic E-state index is 13.0. The van der Waals surface area contributed by atoms with Crippen LogP contribution < -0.4 is 15.5 Å². The van der Waals surface area contributed by atoms with E-state index in [9.17, 15) is 19.2 Å². The van der Waals surface area contributed by atoms with Crippen LogP contribution in [0.5, 0.6) is 0 Å². The fraction of sp³-hybridized carbons (Fsp3) is 0.111. The zero-order chi connectivity index (χ0) is 26.5. The minimum Gasteiger partial charge on any atom is -0.462 e. The van der Waals surface area contributed by atoms with Gasteiger partial charge in [0, 0.05) is 16.9 Å². The number of imide groups is 1. The van der Waals surface area contributed by atoms with Crippen LogP contribution in [-0.2, 0) is 14.3 Å². The molecule has 0 atom stereocenters. The second kappa shape index (κ2) is 11.3. The molecule has 8 nitrogen and oxygen atoms in total. The summed E-state index contributed by atoms with van der Waals surface area (Å²) in [7, 11) is 0. The second-order valence-electron chi connectivity index (χ2n) is 7.96. The Morgan fingerprint density at radius 3 is 2.30 bits per heavy atom. The number of anilines is 3. The van der Waals surface area contributed by atoms with E-state index in [1.807, 2.05) is 6.92 Å². The van der Waals surface area contributed by atoms with Crippen LogP contribution in [0.15, 0.2) is 83.5 Å². The Bertz CT molecular complexity index is 1420. The summed E-state index contributed by atoms with van der Waals surface area (Å²) in [5.74, 6) is -2.23. The quantitative estimate of drug-likeness (QED) is 0.286. The van der Waals surface area contributed by atoms with E-state index < -0.39 is 23.7 Å². The number of carbonyl (C=O) groups excluding carboxylic acids is 4. The zero-order valence-electron chi connectivity index (χ0n) is 19.6. The molecule has 0 spiro atoms. The molecule has 1 aliphatic heterocycles. The van der Waals surface area contributed by atoms with Crippen LogP contribution in [0.3, 0.4) is 0 Å². The molecule has 188 valence electrons. The fourth-order valence-electron chi connectivity index (χ4n) is 3.52. The number of nitrogens with one attached hydrogen (secondary N) is 2. The largest absolute Gasteiger partial charge is 0.462 e. The van der Waals surface area contributed by atoms with Gasteiger partial charge in [0.15, 0.2) is 0 Å². The van der Waals surface area contributed by atoms with Gasteiger partial charge < -0.3 is 15.4 Å².